The third kappa shape index (κ3) is 5.73. The number of hydrogen-bond acceptors (Lipinski definition) is 6. The van der Waals surface area contributed by atoms with Crippen molar-refractivity contribution in [2.24, 2.45) is 5.92 Å². The number of nitrogens with one attached hydrogen (secondary N) is 1. The van der Waals surface area contributed by atoms with Gasteiger partial charge in [0.1, 0.15) is 11.5 Å². The van der Waals surface area contributed by atoms with Gasteiger partial charge in [-0.25, -0.2) is 4.79 Å². The lowest BCUT2D eigenvalue weighted by atomic mass is 9.98. The molecule has 0 aromatic heterocycles. The van der Waals surface area contributed by atoms with Gasteiger partial charge in [-0.1, -0.05) is 6.08 Å². The van der Waals surface area contributed by atoms with Crippen LogP contribution in [0.2, 0.25) is 0 Å². The standard InChI is InChI=1S/C21H30N2O5/c1-5-28-20(24)9-7-17(22-2)12-15-10-11-23(21(15)25)14-16-6-8-18(26-3)13-19(16)27-4/h6-9,13,15,17,22H,5,10-12,14H2,1-4H3/b9-7+/t15-,17+/m0/s1. The first-order valence-corrected chi connectivity index (χ1v) is 9.54. The Kier molecular flexibility index (Phi) is 8.32. The van der Waals surface area contributed by atoms with E-state index >= 15 is 0 Å². The first-order valence-electron chi connectivity index (χ1n) is 9.54. The number of likely N-dealkylation sites (tertiary alicyclic amines) is 1. The quantitative estimate of drug-likeness (QED) is 0.487. The van der Waals surface area contributed by atoms with Gasteiger partial charge in [0.25, 0.3) is 0 Å². The van der Waals surface area contributed by atoms with Gasteiger partial charge in [0, 0.05) is 42.8 Å². The van der Waals surface area contributed by atoms with E-state index in [1.165, 1.54) is 6.08 Å². The number of methoxy groups -OCH3 is 2. The summed E-state index contributed by atoms with van der Waals surface area (Å²) in [5.41, 5.74) is 0.949. The summed E-state index contributed by atoms with van der Waals surface area (Å²) in [4.78, 5) is 26.2. The number of carbonyl (C=O) groups is 2. The fraction of sp³-hybridized carbons (Fsp3) is 0.524. The molecule has 2 atom stereocenters. The van der Waals surface area contributed by atoms with Crippen LogP contribution in [0, 0.1) is 5.92 Å². The Morgan fingerprint density at radius 3 is 2.79 bits per heavy atom. The molecule has 1 aliphatic rings. The molecule has 1 N–H and O–H groups in total. The highest BCUT2D eigenvalue weighted by molar-refractivity contribution is 5.82. The number of nitrogens with zero attached hydrogens (tertiary/aromatic N) is 1. The second-order valence-electron chi connectivity index (χ2n) is 6.67. The van der Waals surface area contributed by atoms with Crippen molar-refractivity contribution in [2.45, 2.75) is 32.4 Å². The number of hydrogen-bond donors (Lipinski definition) is 1. The summed E-state index contributed by atoms with van der Waals surface area (Å²) in [6.07, 6.45) is 4.62. The van der Waals surface area contributed by atoms with Crippen LogP contribution in [0.5, 0.6) is 11.5 Å². The summed E-state index contributed by atoms with van der Waals surface area (Å²) < 4.78 is 15.6. The zero-order chi connectivity index (χ0) is 20.5. The molecule has 0 saturated carbocycles. The highest BCUT2D eigenvalue weighted by Gasteiger charge is 2.33. The van der Waals surface area contributed by atoms with Crippen LogP contribution in [0.15, 0.2) is 30.4 Å². The molecule has 0 bridgehead atoms. The van der Waals surface area contributed by atoms with E-state index in [1.54, 1.807) is 27.2 Å². The molecular weight excluding hydrogens is 360 g/mol. The van der Waals surface area contributed by atoms with Crippen molar-refractivity contribution in [3.63, 3.8) is 0 Å². The van der Waals surface area contributed by atoms with Gasteiger partial charge in [-0.05, 0) is 38.9 Å². The van der Waals surface area contributed by atoms with E-state index < -0.39 is 0 Å². The topological polar surface area (TPSA) is 77.1 Å². The zero-order valence-electron chi connectivity index (χ0n) is 17.1. The SMILES string of the molecule is CCOC(=O)/C=C/[C@H](C[C@@H]1CCN(Cc2ccc(OC)cc2OC)C1=O)NC. The minimum atomic E-state index is -0.367. The van der Waals surface area contributed by atoms with Gasteiger partial charge in [0.2, 0.25) is 5.91 Å². The van der Waals surface area contributed by atoms with E-state index in [0.717, 1.165) is 17.7 Å². The number of carbonyl (C=O) groups excluding carboxylic acids is 2. The Labute approximate surface area is 166 Å². The number of ether oxygens (including phenoxy) is 3. The summed E-state index contributed by atoms with van der Waals surface area (Å²) in [6, 6.07) is 5.56. The van der Waals surface area contributed by atoms with E-state index in [1.807, 2.05) is 30.1 Å². The molecule has 1 fully saturated rings. The summed E-state index contributed by atoms with van der Waals surface area (Å²) in [6.45, 7) is 3.32. The van der Waals surface area contributed by atoms with Crippen LogP contribution in [0.25, 0.3) is 0 Å². The third-order valence-corrected chi connectivity index (χ3v) is 4.92. The molecule has 7 nitrogen and oxygen atoms in total. The Hall–Kier alpha value is -2.54. The summed E-state index contributed by atoms with van der Waals surface area (Å²) in [7, 11) is 5.04. The fourth-order valence-electron chi connectivity index (χ4n) is 3.35. The van der Waals surface area contributed by atoms with Crippen molar-refractivity contribution < 1.29 is 23.8 Å². The molecule has 0 unspecified atom stereocenters. The van der Waals surface area contributed by atoms with E-state index in [-0.39, 0.29) is 23.8 Å². The molecule has 7 heteroatoms. The van der Waals surface area contributed by atoms with E-state index in [0.29, 0.717) is 31.9 Å². The van der Waals surface area contributed by atoms with Gasteiger partial charge in [0.15, 0.2) is 0 Å². The number of amides is 1. The maximum absolute atomic E-state index is 12.8. The van der Waals surface area contributed by atoms with Crippen LogP contribution in [0.4, 0.5) is 0 Å². The summed E-state index contributed by atoms with van der Waals surface area (Å²) in [5.74, 6) is 1.11. The molecule has 28 heavy (non-hydrogen) atoms. The lowest BCUT2D eigenvalue weighted by molar-refractivity contribution is -0.137. The van der Waals surface area contributed by atoms with E-state index in [4.69, 9.17) is 14.2 Å². The second-order valence-corrected chi connectivity index (χ2v) is 6.67. The van der Waals surface area contributed by atoms with Crippen LogP contribution in [-0.2, 0) is 20.9 Å². The highest BCUT2D eigenvalue weighted by atomic mass is 16.5. The Balaban J connectivity index is 1.98. The van der Waals surface area contributed by atoms with E-state index in [9.17, 15) is 9.59 Å². The van der Waals surface area contributed by atoms with Gasteiger partial charge in [-0.2, -0.15) is 0 Å². The first-order chi connectivity index (χ1) is 13.5. The zero-order valence-corrected chi connectivity index (χ0v) is 17.1. The lowest BCUT2D eigenvalue weighted by Crippen LogP contribution is -2.31. The van der Waals surface area contributed by atoms with Crippen LogP contribution in [-0.4, -0.2) is 57.2 Å². The van der Waals surface area contributed by atoms with Crippen LogP contribution in [0.3, 0.4) is 0 Å². The van der Waals surface area contributed by atoms with Gasteiger partial charge in [-0.3, -0.25) is 4.79 Å². The molecule has 1 heterocycles. The minimum Gasteiger partial charge on any atom is -0.497 e. The first kappa shape index (κ1) is 21.8. The molecule has 1 aromatic carbocycles. The number of esters is 1. The monoisotopic (exact) mass is 390 g/mol. The van der Waals surface area contributed by atoms with Gasteiger partial charge in [0.05, 0.1) is 20.8 Å². The summed E-state index contributed by atoms with van der Waals surface area (Å²) >= 11 is 0. The largest absolute Gasteiger partial charge is 0.497 e. The van der Waals surface area contributed by atoms with Crippen molar-refractivity contribution in [2.75, 3.05) is 34.4 Å². The van der Waals surface area contributed by atoms with Gasteiger partial charge >= 0.3 is 5.97 Å². The molecule has 1 saturated heterocycles. The molecule has 1 aliphatic heterocycles. The normalized spacial score (nSPS) is 17.8. The lowest BCUT2D eigenvalue weighted by Gasteiger charge is -2.20. The maximum atomic E-state index is 12.8. The number of benzene rings is 1. The van der Waals surface area contributed by atoms with Crippen molar-refractivity contribution in [3.8, 4) is 11.5 Å². The minimum absolute atomic E-state index is 0.0613. The van der Waals surface area contributed by atoms with Crippen LogP contribution >= 0.6 is 0 Å². The number of likely N-dealkylation sites (N-methyl/N-ethyl adjacent to an activating group) is 1. The average molecular weight is 390 g/mol. The average Bonchev–Trinajstić information content (AvgIpc) is 3.04. The molecule has 0 radical (unpaired) electrons. The Morgan fingerprint density at radius 2 is 2.14 bits per heavy atom. The second kappa shape index (κ2) is 10.7. The molecule has 0 spiro atoms. The fourth-order valence-corrected chi connectivity index (χ4v) is 3.35. The molecule has 0 aliphatic carbocycles. The molecular formula is C21H30N2O5. The highest BCUT2D eigenvalue weighted by Crippen LogP contribution is 2.29. The van der Waals surface area contributed by atoms with Crippen LogP contribution in [0.1, 0.15) is 25.3 Å². The van der Waals surface area contributed by atoms with Crippen LogP contribution < -0.4 is 14.8 Å². The summed E-state index contributed by atoms with van der Waals surface area (Å²) in [5, 5.41) is 3.14. The smallest absolute Gasteiger partial charge is 0.330 e. The van der Waals surface area contributed by atoms with Gasteiger partial charge in [-0.15, -0.1) is 0 Å². The van der Waals surface area contributed by atoms with Crippen molar-refractivity contribution in [1.82, 2.24) is 10.2 Å². The molecule has 1 aromatic rings. The Morgan fingerprint density at radius 1 is 1.36 bits per heavy atom. The Bertz CT molecular complexity index is 704. The van der Waals surface area contributed by atoms with Crippen molar-refractivity contribution in [3.05, 3.63) is 35.9 Å². The van der Waals surface area contributed by atoms with Crippen molar-refractivity contribution >= 4 is 11.9 Å². The maximum Gasteiger partial charge on any atom is 0.330 e. The number of rotatable bonds is 10. The predicted octanol–water partition coefficient (Wildman–Crippen LogP) is 2.15. The van der Waals surface area contributed by atoms with Crippen molar-refractivity contribution in [1.29, 1.82) is 0 Å². The molecule has 2 rings (SSSR count). The van der Waals surface area contributed by atoms with E-state index in [2.05, 4.69) is 5.32 Å². The predicted molar refractivity (Wildman–Crippen MR) is 106 cm³/mol. The molecule has 154 valence electrons. The van der Waals surface area contributed by atoms with Gasteiger partial charge < -0.3 is 24.4 Å². The molecule has 1 amide bonds. The third-order valence-electron chi connectivity index (χ3n) is 4.92.